The molecule has 13 heavy (non-hydrogen) atoms. The highest BCUT2D eigenvalue weighted by molar-refractivity contribution is 5.59. The van der Waals surface area contributed by atoms with E-state index in [0.717, 1.165) is 11.3 Å². The van der Waals surface area contributed by atoms with Gasteiger partial charge < -0.3 is 5.73 Å². The minimum Gasteiger partial charge on any atom is -0.399 e. The Morgan fingerprint density at radius 1 is 1.31 bits per heavy atom. The van der Waals surface area contributed by atoms with Crippen LogP contribution in [0, 0.1) is 6.57 Å². The third kappa shape index (κ3) is 2.00. The summed E-state index contributed by atoms with van der Waals surface area (Å²) in [5.41, 5.74) is 8.29. The van der Waals surface area contributed by atoms with Gasteiger partial charge in [-0.3, -0.25) is 0 Å². The molecule has 0 aliphatic carbocycles. The van der Waals surface area contributed by atoms with Crippen molar-refractivity contribution in [2.45, 2.75) is 26.2 Å². The second-order valence-electron chi connectivity index (χ2n) is 4.13. The van der Waals surface area contributed by atoms with Gasteiger partial charge in [-0.25, -0.2) is 4.85 Å². The minimum atomic E-state index is 0.00475. The maximum absolute atomic E-state index is 6.90. The van der Waals surface area contributed by atoms with E-state index < -0.39 is 0 Å². The number of benzene rings is 1. The lowest BCUT2D eigenvalue weighted by atomic mass is 9.85. The lowest BCUT2D eigenvalue weighted by molar-refractivity contribution is 0.593. The molecule has 0 bridgehead atoms. The molecule has 0 atom stereocenters. The number of nitrogen functional groups attached to an aromatic ring is 1. The maximum Gasteiger partial charge on any atom is 0.187 e. The highest BCUT2D eigenvalue weighted by atomic mass is 14.6. The minimum absolute atomic E-state index is 0.00475. The fourth-order valence-electron chi connectivity index (χ4n) is 1.26. The number of anilines is 1. The zero-order valence-corrected chi connectivity index (χ0v) is 8.26. The Morgan fingerprint density at radius 3 is 2.38 bits per heavy atom. The van der Waals surface area contributed by atoms with Crippen molar-refractivity contribution in [1.29, 1.82) is 0 Å². The molecular formula is C11H14N2. The molecule has 2 N–H and O–H groups in total. The number of hydrogen-bond acceptors (Lipinski definition) is 1. The van der Waals surface area contributed by atoms with Gasteiger partial charge in [0.25, 0.3) is 0 Å². The quantitative estimate of drug-likeness (QED) is 0.475. The highest BCUT2D eigenvalue weighted by Gasteiger charge is 2.16. The van der Waals surface area contributed by atoms with E-state index in [4.69, 9.17) is 12.3 Å². The summed E-state index contributed by atoms with van der Waals surface area (Å²) < 4.78 is 0. The fourth-order valence-corrected chi connectivity index (χ4v) is 1.26. The average Bonchev–Trinajstić information content (AvgIpc) is 2.03. The Kier molecular flexibility index (Phi) is 2.29. The highest BCUT2D eigenvalue weighted by Crippen LogP contribution is 2.30. The van der Waals surface area contributed by atoms with Gasteiger partial charge in [-0.2, -0.15) is 0 Å². The third-order valence-electron chi connectivity index (χ3n) is 1.97. The second kappa shape index (κ2) is 3.10. The predicted octanol–water partition coefficient (Wildman–Crippen LogP) is 3.12. The van der Waals surface area contributed by atoms with E-state index in [1.807, 2.05) is 6.07 Å². The Hall–Kier alpha value is -1.49. The lowest BCUT2D eigenvalue weighted by Gasteiger charge is -2.21. The molecule has 0 saturated carbocycles. The molecule has 0 fully saturated rings. The van der Waals surface area contributed by atoms with Gasteiger partial charge in [-0.05, 0) is 17.0 Å². The van der Waals surface area contributed by atoms with Crippen molar-refractivity contribution in [2.24, 2.45) is 0 Å². The number of hydrogen-bond donors (Lipinski definition) is 1. The molecule has 1 rings (SSSR count). The van der Waals surface area contributed by atoms with Crippen LogP contribution in [0.15, 0.2) is 18.2 Å². The van der Waals surface area contributed by atoms with Gasteiger partial charge in [-0.15, -0.1) is 0 Å². The van der Waals surface area contributed by atoms with Crippen molar-refractivity contribution in [1.82, 2.24) is 0 Å². The Morgan fingerprint density at radius 2 is 1.92 bits per heavy atom. The molecule has 0 aliphatic rings. The molecule has 0 spiro atoms. The van der Waals surface area contributed by atoms with Gasteiger partial charge in [0.05, 0.1) is 6.57 Å². The predicted molar refractivity (Wildman–Crippen MR) is 55.8 cm³/mol. The van der Waals surface area contributed by atoms with Crippen LogP contribution in [-0.2, 0) is 5.41 Å². The topological polar surface area (TPSA) is 30.4 Å². The third-order valence-corrected chi connectivity index (χ3v) is 1.97. The summed E-state index contributed by atoms with van der Waals surface area (Å²) in [4.78, 5) is 3.38. The molecule has 0 radical (unpaired) electrons. The van der Waals surface area contributed by atoms with Crippen LogP contribution in [-0.4, -0.2) is 0 Å². The monoisotopic (exact) mass is 174 g/mol. The van der Waals surface area contributed by atoms with Crippen LogP contribution in [0.25, 0.3) is 4.85 Å². The van der Waals surface area contributed by atoms with E-state index in [9.17, 15) is 0 Å². The van der Waals surface area contributed by atoms with E-state index in [2.05, 4.69) is 25.6 Å². The largest absolute Gasteiger partial charge is 0.399 e. The smallest absolute Gasteiger partial charge is 0.187 e. The summed E-state index contributed by atoms with van der Waals surface area (Å²) in [6.07, 6.45) is 0. The first-order valence-electron chi connectivity index (χ1n) is 4.22. The summed E-state index contributed by atoms with van der Waals surface area (Å²) >= 11 is 0. The van der Waals surface area contributed by atoms with Crippen LogP contribution in [0.3, 0.4) is 0 Å². The van der Waals surface area contributed by atoms with Gasteiger partial charge in [-0.1, -0.05) is 32.9 Å². The fraction of sp³-hybridized carbons (Fsp3) is 0.364. The lowest BCUT2D eigenvalue weighted by Crippen LogP contribution is -2.13. The molecule has 0 heterocycles. The average molecular weight is 174 g/mol. The summed E-state index contributed by atoms with van der Waals surface area (Å²) in [5, 5.41) is 0. The molecule has 0 aliphatic heterocycles. The first-order chi connectivity index (χ1) is 5.95. The zero-order chi connectivity index (χ0) is 10.1. The van der Waals surface area contributed by atoms with Gasteiger partial charge in [0, 0.05) is 5.69 Å². The van der Waals surface area contributed by atoms with E-state index in [1.54, 1.807) is 12.1 Å². The Bertz CT molecular complexity index is 353. The summed E-state index contributed by atoms with van der Waals surface area (Å²) in [7, 11) is 0. The molecule has 1 aromatic rings. The molecule has 0 saturated heterocycles. The first kappa shape index (κ1) is 9.60. The molecule has 0 aromatic heterocycles. The van der Waals surface area contributed by atoms with Crippen molar-refractivity contribution in [3.05, 3.63) is 35.2 Å². The van der Waals surface area contributed by atoms with Crippen LogP contribution in [0.5, 0.6) is 0 Å². The summed E-state index contributed by atoms with van der Waals surface area (Å²) in [6.45, 7) is 13.2. The molecular weight excluding hydrogens is 160 g/mol. The normalized spacial score (nSPS) is 10.9. The van der Waals surface area contributed by atoms with Crippen molar-refractivity contribution in [3.8, 4) is 0 Å². The van der Waals surface area contributed by atoms with Crippen LogP contribution in [0.4, 0.5) is 11.4 Å². The summed E-state index contributed by atoms with van der Waals surface area (Å²) in [5.74, 6) is 0. The van der Waals surface area contributed by atoms with Crippen molar-refractivity contribution < 1.29 is 0 Å². The van der Waals surface area contributed by atoms with Gasteiger partial charge >= 0.3 is 0 Å². The van der Waals surface area contributed by atoms with Gasteiger partial charge in [0.1, 0.15) is 0 Å². The van der Waals surface area contributed by atoms with E-state index in [-0.39, 0.29) is 5.41 Å². The first-order valence-corrected chi connectivity index (χ1v) is 4.22. The van der Waals surface area contributed by atoms with E-state index in [0.29, 0.717) is 5.69 Å². The molecule has 0 amide bonds. The van der Waals surface area contributed by atoms with Crippen molar-refractivity contribution >= 4 is 11.4 Å². The standard InChI is InChI=1S/C11H14N2/c1-11(2,3)9-7-8(13-4)5-6-10(9)12/h5-7H,12H2,1-3H3. The SMILES string of the molecule is [C-]#[N+]c1ccc(N)c(C(C)(C)C)c1. The van der Waals surface area contributed by atoms with E-state index in [1.165, 1.54) is 0 Å². The van der Waals surface area contributed by atoms with Crippen LogP contribution >= 0.6 is 0 Å². The maximum atomic E-state index is 6.90. The summed E-state index contributed by atoms with van der Waals surface area (Å²) in [6, 6.07) is 5.41. The number of nitrogens with two attached hydrogens (primary N) is 1. The molecule has 0 unspecified atom stereocenters. The Labute approximate surface area is 79.2 Å². The van der Waals surface area contributed by atoms with Crippen LogP contribution < -0.4 is 5.73 Å². The number of rotatable bonds is 0. The molecule has 2 nitrogen and oxygen atoms in total. The van der Waals surface area contributed by atoms with Crippen molar-refractivity contribution in [2.75, 3.05) is 5.73 Å². The number of nitrogens with zero attached hydrogens (tertiary/aromatic N) is 1. The zero-order valence-electron chi connectivity index (χ0n) is 8.26. The van der Waals surface area contributed by atoms with E-state index >= 15 is 0 Å². The van der Waals surface area contributed by atoms with Crippen LogP contribution in [0.1, 0.15) is 26.3 Å². The van der Waals surface area contributed by atoms with Gasteiger partial charge in [0.2, 0.25) is 0 Å². The molecule has 2 heteroatoms. The molecule has 68 valence electrons. The van der Waals surface area contributed by atoms with Crippen LogP contribution in [0.2, 0.25) is 0 Å². The van der Waals surface area contributed by atoms with Crippen molar-refractivity contribution in [3.63, 3.8) is 0 Å². The molecule has 1 aromatic carbocycles. The Balaban J connectivity index is 3.29. The second-order valence-corrected chi connectivity index (χ2v) is 4.13. The van der Waals surface area contributed by atoms with Gasteiger partial charge in [0.15, 0.2) is 5.69 Å².